The molecule has 6 nitrogen and oxygen atoms in total. The molecule has 4 heterocycles. The van der Waals surface area contributed by atoms with E-state index in [0.717, 1.165) is 57.0 Å². The molecule has 1 spiro atoms. The first-order valence-electron chi connectivity index (χ1n) is 8.99. The van der Waals surface area contributed by atoms with Crippen molar-refractivity contribution < 1.29 is 4.74 Å². The summed E-state index contributed by atoms with van der Waals surface area (Å²) in [5.74, 6) is 1.00. The van der Waals surface area contributed by atoms with Crippen LogP contribution in [0.5, 0.6) is 0 Å². The van der Waals surface area contributed by atoms with Crippen molar-refractivity contribution in [3.63, 3.8) is 0 Å². The van der Waals surface area contributed by atoms with Crippen LogP contribution in [0.3, 0.4) is 0 Å². The Bertz CT molecular complexity index is 683. The maximum Gasteiger partial charge on any atom is 0.131 e. The fourth-order valence-electron chi connectivity index (χ4n) is 4.03. The summed E-state index contributed by atoms with van der Waals surface area (Å²) in [5.41, 5.74) is 1.06. The number of piperidine rings is 1. The zero-order chi connectivity index (χ0) is 17.1. The minimum atomic E-state index is -0.0494. The van der Waals surface area contributed by atoms with Crippen LogP contribution in [0.2, 0.25) is 0 Å². The summed E-state index contributed by atoms with van der Waals surface area (Å²) in [4.78, 5) is 17.6. The topological polar surface area (TPSA) is 54.4 Å². The predicted molar refractivity (Wildman–Crippen MR) is 96.3 cm³/mol. The van der Waals surface area contributed by atoms with Crippen molar-refractivity contribution in [3.05, 3.63) is 48.7 Å². The van der Waals surface area contributed by atoms with E-state index < -0.39 is 0 Å². The number of rotatable bonds is 4. The second kappa shape index (κ2) is 7.06. The Hall–Kier alpha value is -2.05. The Kier molecular flexibility index (Phi) is 4.63. The molecule has 2 aromatic heterocycles. The summed E-state index contributed by atoms with van der Waals surface area (Å²) < 4.78 is 6.36. The highest BCUT2D eigenvalue weighted by Crippen LogP contribution is 2.37. The lowest BCUT2D eigenvalue weighted by Gasteiger charge is -2.40. The van der Waals surface area contributed by atoms with Gasteiger partial charge in [-0.1, -0.05) is 6.07 Å². The molecule has 25 heavy (non-hydrogen) atoms. The first-order chi connectivity index (χ1) is 12.2. The molecule has 132 valence electrons. The molecule has 2 fully saturated rings. The largest absolute Gasteiger partial charge is 0.371 e. The van der Waals surface area contributed by atoms with E-state index in [1.54, 1.807) is 6.33 Å². The average molecular weight is 339 g/mol. The number of nitrogens with zero attached hydrogens (tertiary/aromatic N) is 5. The van der Waals surface area contributed by atoms with Crippen molar-refractivity contribution in [2.75, 3.05) is 31.6 Å². The molecule has 4 rings (SSSR count). The molecule has 6 heteroatoms. The van der Waals surface area contributed by atoms with Crippen molar-refractivity contribution in [2.45, 2.75) is 37.5 Å². The van der Waals surface area contributed by atoms with Gasteiger partial charge >= 0.3 is 0 Å². The molecule has 0 bridgehead atoms. The van der Waals surface area contributed by atoms with Gasteiger partial charge in [0.2, 0.25) is 0 Å². The van der Waals surface area contributed by atoms with Gasteiger partial charge in [-0.05, 0) is 44.5 Å². The van der Waals surface area contributed by atoms with Gasteiger partial charge in [0.25, 0.3) is 0 Å². The lowest BCUT2D eigenvalue weighted by Crippen LogP contribution is -2.48. The number of ether oxygens (including phenoxy) is 1. The Labute approximate surface area is 148 Å². The average Bonchev–Trinajstić information content (AvgIpc) is 3.07. The minimum Gasteiger partial charge on any atom is -0.371 e. The van der Waals surface area contributed by atoms with Crippen molar-refractivity contribution in [1.82, 2.24) is 19.9 Å². The number of hydrogen-bond donors (Lipinski definition) is 0. The highest BCUT2D eigenvalue weighted by atomic mass is 16.5. The van der Waals surface area contributed by atoms with Crippen LogP contribution in [0.4, 0.5) is 5.82 Å². The van der Waals surface area contributed by atoms with Crippen LogP contribution in [0.1, 0.15) is 25.0 Å². The van der Waals surface area contributed by atoms with Gasteiger partial charge in [0.1, 0.15) is 12.1 Å². The van der Waals surface area contributed by atoms with Gasteiger partial charge < -0.3 is 9.64 Å². The Morgan fingerprint density at radius 1 is 1.28 bits per heavy atom. The molecule has 2 aromatic rings. The highest BCUT2D eigenvalue weighted by molar-refractivity contribution is 5.38. The molecule has 2 saturated heterocycles. The quantitative estimate of drug-likeness (QED) is 0.851. The monoisotopic (exact) mass is 339 g/mol. The third kappa shape index (κ3) is 3.65. The predicted octanol–water partition coefficient (Wildman–Crippen LogP) is 2.13. The standard InChI is InChI=1S/C19H25N5O/c1-23(12-16-5-2-3-8-21-16)17-11-19(25-13-17)7-4-10-24(14-19)18-6-9-20-15-22-18/h2-3,5-6,8-9,15,17H,4,7,10-14H2,1H3. The summed E-state index contributed by atoms with van der Waals surface area (Å²) in [5, 5.41) is 0. The minimum absolute atomic E-state index is 0.0494. The molecular weight excluding hydrogens is 314 g/mol. The third-order valence-corrected chi connectivity index (χ3v) is 5.38. The lowest BCUT2D eigenvalue weighted by atomic mass is 9.88. The molecule has 0 N–H and O–H groups in total. The maximum absolute atomic E-state index is 6.36. The van der Waals surface area contributed by atoms with Crippen molar-refractivity contribution >= 4 is 5.82 Å². The normalized spacial score (nSPS) is 26.5. The van der Waals surface area contributed by atoms with E-state index in [2.05, 4.69) is 37.9 Å². The second-order valence-corrected chi connectivity index (χ2v) is 7.18. The van der Waals surface area contributed by atoms with Crippen LogP contribution in [0, 0.1) is 0 Å². The van der Waals surface area contributed by atoms with Gasteiger partial charge in [0.15, 0.2) is 0 Å². The van der Waals surface area contributed by atoms with Crippen LogP contribution >= 0.6 is 0 Å². The fraction of sp³-hybridized carbons (Fsp3) is 0.526. The smallest absolute Gasteiger partial charge is 0.131 e. The summed E-state index contributed by atoms with van der Waals surface area (Å²) in [6, 6.07) is 8.51. The summed E-state index contributed by atoms with van der Waals surface area (Å²) >= 11 is 0. The fourth-order valence-corrected chi connectivity index (χ4v) is 4.03. The van der Waals surface area contributed by atoms with E-state index in [9.17, 15) is 0 Å². The molecule has 0 saturated carbocycles. The van der Waals surface area contributed by atoms with Gasteiger partial charge in [-0.3, -0.25) is 9.88 Å². The molecule has 2 atom stereocenters. The Morgan fingerprint density at radius 2 is 2.24 bits per heavy atom. The summed E-state index contributed by atoms with van der Waals surface area (Å²) in [6.45, 7) is 3.61. The molecular formula is C19H25N5O. The van der Waals surface area contributed by atoms with Crippen LogP contribution in [-0.4, -0.2) is 58.2 Å². The highest BCUT2D eigenvalue weighted by Gasteiger charge is 2.44. The molecule has 2 aliphatic rings. The first kappa shape index (κ1) is 16.4. The lowest BCUT2D eigenvalue weighted by molar-refractivity contribution is -0.00771. The third-order valence-electron chi connectivity index (χ3n) is 5.38. The van der Waals surface area contributed by atoms with E-state index in [0.29, 0.717) is 6.04 Å². The number of pyridine rings is 1. The summed E-state index contributed by atoms with van der Waals surface area (Å²) in [6.07, 6.45) is 8.62. The van der Waals surface area contributed by atoms with E-state index in [1.807, 2.05) is 30.6 Å². The summed E-state index contributed by atoms with van der Waals surface area (Å²) in [7, 11) is 2.17. The zero-order valence-corrected chi connectivity index (χ0v) is 14.7. The van der Waals surface area contributed by atoms with Gasteiger partial charge in [-0.2, -0.15) is 0 Å². The molecule has 2 unspecified atom stereocenters. The Balaban J connectivity index is 1.40. The van der Waals surface area contributed by atoms with Crippen molar-refractivity contribution in [2.24, 2.45) is 0 Å². The maximum atomic E-state index is 6.36. The Morgan fingerprint density at radius 3 is 3.04 bits per heavy atom. The van der Waals surface area contributed by atoms with Crippen LogP contribution in [-0.2, 0) is 11.3 Å². The van der Waals surface area contributed by atoms with Crippen molar-refractivity contribution in [3.8, 4) is 0 Å². The number of aromatic nitrogens is 3. The zero-order valence-electron chi connectivity index (χ0n) is 14.7. The number of likely N-dealkylation sites (N-methyl/N-ethyl adjacent to an activating group) is 1. The SMILES string of the molecule is CN(Cc1ccccn1)C1COC2(CCCN(c3ccncn3)C2)C1. The van der Waals surface area contributed by atoms with E-state index in [4.69, 9.17) is 4.74 Å². The van der Waals surface area contributed by atoms with Gasteiger partial charge in [-0.15, -0.1) is 0 Å². The van der Waals surface area contributed by atoms with E-state index in [-0.39, 0.29) is 5.60 Å². The number of anilines is 1. The second-order valence-electron chi connectivity index (χ2n) is 7.18. The van der Waals surface area contributed by atoms with Gasteiger partial charge in [0.05, 0.1) is 17.9 Å². The first-order valence-corrected chi connectivity index (χ1v) is 8.99. The van der Waals surface area contributed by atoms with Crippen LogP contribution < -0.4 is 4.90 Å². The van der Waals surface area contributed by atoms with Gasteiger partial charge in [0, 0.05) is 38.1 Å². The van der Waals surface area contributed by atoms with E-state index >= 15 is 0 Å². The van der Waals surface area contributed by atoms with Crippen LogP contribution in [0.25, 0.3) is 0 Å². The molecule has 0 amide bonds. The van der Waals surface area contributed by atoms with Crippen LogP contribution in [0.15, 0.2) is 43.0 Å². The van der Waals surface area contributed by atoms with Gasteiger partial charge in [-0.25, -0.2) is 9.97 Å². The van der Waals surface area contributed by atoms with E-state index in [1.165, 1.54) is 0 Å². The molecule has 0 radical (unpaired) electrons. The molecule has 2 aliphatic heterocycles. The number of hydrogen-bond acceptors (Lipinski definition) is 6. The van der Waals surface area contributed by atoms with Crippen molar-refractivity contribution in [1.29, 1.82) is 0 Å². The molecule has 0 aromatic carbocycles. The molecule has 0 aliphatic carbocycles.